The van der Waals surface area contributed by atoms with Gasteiger partial charge in [0.15, 0.2) is 0 Å². The minimum Gasteiger partial charge on any atom is -0.493 e. The van der Waals surface area contributed by atoms with Crippen molar-refractivity contribution in [1.29, 1.82) is 0 Å². The van der Waals surface area contributed by atoms with Crippen LogP contribution in [0.2, 0.25) is 0 Å². The van der Waals surface area contributed by atoms with Crippen molar-refractivity contribution < 1.29 is 4.74 Å². The first-order valence-corrected chi connectivity index (χ1v) is 9.17. The Kier molecular flexibility index (Phi) is 7.60. The summed E-state index contributed by atoms with van der Waals surface area (Å²) in [4.78, 5) is 0. The molecule has 0 saturated heterocycles. The van der Waals surface area contributed by atoms with Gasteiger partial charge in [0, 0.05) is 6.04 Å². The predicted molar refractivity (Wildman–Crippen MR) is 101 cm³/mol. The summed E-state index contributed by atoms with van der Waals surface area (Å²) in [5.74, 6) is 2.16. The van der Waals surface area contributed by atoms with Gasteiger partial charge >= 0.3 is 0 Å². The Morgan fingerprint density at radius 2 is 1.74 bits per heavy atom. The summed E-state index contributed by atoms with van der Waals surface area (Å²) in [6.07, 6.45) is 3.39. The molecule has 0 aromatic heterocycles. The number of rotatable bonds is 8. The molecular weight excluding hydrogens is 282 g/mol. The first-order chi connectivity index (χ1) is 10.6. The lowest BCUT2D eigenvalue weighted by atomic mass is 9.82. The SMILES string of the molecule is CCC(CCC(C)N)c1ccc(OCC(C)C)c(C(C)(C)C)c1. The third-order valence-corrected chi connectivity index (χ3v) is 4.32. The van der Waals surface area contributed by atoms with Crippen LogP contribution in [-0.2, 0) is 5.41 Å². The Morgan fingerprint density at radius 3 is 2.22 bits per heavy atom. The maximum atomic E-state index is 6.07. The van der Waals surface area contributed by atoms with Gasteiger partial charge in [-0.1, -0.05) is 53.7 Å². The van der Waals surface area contributed by atoms with Crippen LogP contribution in [0.3, 0.4) is 0 Å². The van der Waals surface area contributed by atoms with Crippen molar-refractivity contribution in [1.82, 2.24) is 0 Å². The van der Waals surface area contributed by atoms with Gasteiger partial charge in [0.25, 0.3) is 0 Å². The minimum atomic E-state index is 0.0851. The third kappa shape index (κ3) is 6.55. The van der Waals surface area contributed by atoms with Crippen molar-refractivity contribution >= 4 is 0 Å². The highest BCUT2D eigenvalue weighted by Gasteiger charge is 2.21. The summed E-state index contributed by atoms with van der Waals surface area (Å²) in [7, 11) is 0. The van der Waals surface area contributed by atoms with Crippen molar-refractivity contribution in [2.75, 3.05) is 6.61 Å². The van der Waals surface area contributed by atoms with Gasteiger partial charge in [-0.25, -0.2) is 0 Å². The van der Waals surface area contributed by atoms with Gasteiger partial charge < -0.3 is 10.5 Å². The normalized spacial score (nSPS) is 14.8. The average Bonchev–Trinajstić information content (AvgIpc) is 2.44. The van der Waals surface area contributed by atoms with Crippen LogP contribution in [0, 0.1) is 5.92 Å². The molecule has 0 spiro atoms. The minimum absolute atomic E-state index is 0.0851. The van der Waals surface area contributed by atoms with E-state index in [1.807, 2.05) is 0 Å². The lowest BCUT2D eigenvalue weighted by molar-refractivity contribution is 0.264. The second-order valence-electron chi connectivity index (χ2n) is 8.37. The molecule has 0 bridgehead atoms. The molecular formula is C21H37NO. The summed E-state index contributed by atoms with van der Waals surface area (Å²) >= 11 is 0. The highest BCUT2D eigenvalue weighted by molar-refractivity contribution is 5.42. The first kappa shape index (κ1) is 20.0. The van der Waals surface area contributed by atoms with Gasteiger partial charge in [-0.05, 0) is 60.6 Å². The Bertz CT molecular complexity index is 471. The van der Waals surface area contributed by atoms with Crippen molar-refractivity contribution in [3.8, 4) is 5.75 Å². The highest BCUT2D eigenvalue weighted by Crippen LogP contribution is 2.36. The van der Waals surface area contributed by atoms with Crippen LogP contribution in [-0.4, -0.2) is 12.6 Å². The van der Waals surface area contributed by atoms with Crippen LogP contribution in [0.5, 0.6) is 5.75 Å². The molecule has 0 amide bonds. The number of hydrogen-bond donors (Lipinski definition) is 1. The van der Waals surface area contributed by atoms with Gasteiger partial charge in [-0.15, -0.1) is 0 Å². The highest BCUT2D eigenvalue weighted by atomic mass is 16.5. The Hall–Kier alpha value is -1.02. The number of benzene rings is 1. The van der Waals surface area contributed by atoms with E-state index in [9.17, 15) is 0 Å². The third-order valence-electron chi connectivity index (χ3n) is 4.32. The van der Waals surface area contributed by atoms with Crippen LogP contribution in [0.4, 0.5) is 0 Å². The van der Waals surface area contributed by atoms with Crippen molar-refractivity contribution in [3.05, 3.63) is 29.3 Å². The van der Waals surface area contributed by atoms with E-state index in [0.29, 0.717) is 11.8 Å². The van der Waals surface area contributed by atoms with E-state index in [1.165, 1.54) is 11.1 Å². The maximum absolute atomic E-state index is 6.07. The van der Waals surface area contributed by atoms with E-state index >= 15 is 0 Å². The quantitative estimate of drug-likeness (QED) is 0.673. The summed E-state index contributed by atoms with van der Waals surface area (Å²) in [6.45, 7) is 16.3. The van der Waals surface area contributed by atoms with E-state index in [2.05, 4.69) is 66.7 Å². The monoisotopic (exact) mass is 319 g/mol. The molecule has 0 heterocycles. The topological polar surface area (TPSA) is 35.2 Å². The maximum Gasteiger partial charge on any atom is 0.123 e. The fourth-order valence-electron chi connectivity index (χ4n) is 2.84. The fraction of sp³-hybridized carbons (Fsp3) is 0.714. The van der Waals surface area contributed by atoms with Crippen molar-refractivity contribution in [2.45, 2.75) is 85.1 Å². The van der Waals surface area contributed by atoms with Crippen LogP contribution in [0.25, 0.3) is 0 Å². The largest absolute Gasteiger partial charge is 0.493 e. The molecule has 2 atom stereocenters. The molecule has 1 aromatic rings. The molecule has 2 unspecified atom stereocenters. The van der Waals surface area contributed by atoms with Crippen molar-refractivity contribution in [2.24, 2.45) is 11.7 Å². The van der Waals surface area contributed by atoms with Crippen LogP contribution >= 0.6 is 0 Å². The Balaban J connectivity index is 3.06. The molecule has 1 aromatic carbocycles. The Labute approximate surface area is 143 Å². The molecule has 0 aliphatic heterocycles. The fourth-order valence-corrected chi connectivity index (χ4v) is 2.84. The summed E-state index contributed by atoms with van der Waals surface area (Å²) < 4.78 is 6.07. The number of nitrogens with two attached hydrogens (primary N) is 1. The molecule has 0 aliphatic rings. The molecule has 132 valence electrons. The zero-order valence-electron chi connectivity index (χ0n) is 16.3. The molecule has 0 aliphatic carbocycles. The summed E-state index contributed by atoms with van der Waals surface area (Å²) in [5, 5.41) is 0. The van der Waals surface area contributed by atoms with E-state index < -0.39 is 0 Å². The number of hydrogen-bond acceptors (Lipinski definition) is 2. The lowest BCUT2D eigenvalue weighted by Gasteiger charge is -2.26. The molecule has 0 radical (unpaired) electrons. The average molecular weight is 320 g/mol. The molecule has 23 heavy (non-hydrogen) atoms. The van der Waals surface area contributed by atoms with E-state index in [0.717, 1.165) is 31.6 Å². The zero-order valence-corrected chi connectivity index (χ0v) is 16.3. The summed E-state index contributed by atoms with van der Waals surface area (Å²) in [6, 6.07) is 7.07. The van der Waals surface area contributed by atoms with Gasteiger partial charge in [0.2, 0.25) is 0 Å². The lowest BCUT2D eigenvalue weighted by Crippen LogP contribution is -2.17. The van der Waals surface area contributed by atoms with E-state index in [1.54, 1.807) is 0 Å². The first-order valence-electron chi connectivity index (χ1n) is 9.17. The van der Waals surface area contributed by atoms with Gasteiger partial charge in [-0.2, -0.15) is 0 Å². The molecule has 0 fully saturated rings. The molecule has 2 N–H and O–H groups in total. The molecule has 2 heteroatoms. The van der Waals surface area contributed by atoms with Crippen LogP contribution in [0.15, 0.2) is 18.2 Å². The second-order valence-corrected chi connectivity index (χ2v) is 8.37. The van der Waals surface area contributed by atoms with Crippen molar-refractivity contribution in [3.63, 3.8) is 0 Å². The van der Waals surface area contributed by atoms with Gasteiger partial charge in [-0.3, -0.25) is 0 Å². The van der Waals surface area contributed by atoms with E-state index in [4.69, 9.17) is 10.5 Å². The predicted octanol–water partition coefficient (Wildman–Crippen LogP) is 5.64. The second kappa shape index (κ2) is 8.73. The zero-order chi connectivity index (χ0) is 17.6. The van der Waals surface area contributed by atoms with Gasteiger partial charge in [0.1, 0.15) is 5.75 Å². The standard InChI is InChI=1S/C21H37NO/c1-8-17(10-9-16(4)22)18-11-12-20(23-14-15(2)3)19(13-18)21(5,6)7/h11-13,15-17H,8-10,14,22H2,1-7H3. The molecule has 1 rings (SSSR count). The molecule has 0 saturated carbocycles. The molecule has 2 nitrogen and oxygen atoms in total. The summed E-state index contributed by atoms with van der Waals surface area (Å²) in [5.41, 5.74) is 8.77. The van der Waals surface area contributed by atoms with Gasteiger partial charge in [0.05, 0.1) is 6.61 Å². The van der Waals surface area contributed by atoms with Crippen LogP contribution in [0.1, 0.15) is 84.8 Å². The van der Waals surface area contributed by atoms with E-state index in [-0.39, 0.29) is 11.5 Å². The Morgan fingerprint density at radius 1 is 1.09 bits per heavy atom. The smallest absolute Gasteiger partial charge is 0.123 e. The van der Waals surface area contributed by atoms with Crippen LogP contribution < -0.4 is 10.5 Å². The number of ether oxygens (including phenoxy) is 1.